The molecule has 0 atom stereocenters. The summed E-state index contributed by atoms with van der Waals surface area (Å²) in [6.45, 7) is 0. The molecule has 0 amide bonds. The first-order valence-corrected chi connectivity index (χ1v) is 17.9. The van der Waals surface area contributed by atoms with Crippen LogP contribution in [0.2, 0.25) is 0 Å². The van der Waals surface area contributed by atoms with Crippen molar-refractivity contribution in [1.82, 2.24) is 0 Å². The SMILES string of the molecule is c1ccc(-c2cccc(N(c3cccc4ccccc34)c3cccc4c3sc3c5ccccc5c(-c5cccc6ccccc56)cc43)c2)cc1. The second-order valence-corrected chi connectivity index (χ2v) is 13.9. The lowest BCUT2D eigenvalue weighted by Crippen LogP contribution is -2.10. The summed E-state index contributed by atoms with van der Waals surface area (Å²) in [6.07, 6.45) is 0. The van der Waals surface area contributed by atoms with Crippen LogP contribution in [0.15, 0.2) is 188 Å². The summed E-state index contributed by atoms with van der Waals surface area (Å²) in [5.74, 6) is 0. The van der Waals surface area contributed by atoms with Gasteiger partial charge in [0.1, 0.15) is 0 Å². The first-order valence-electron chi connectivity index (χ1n) is 17.1. The van der Waals surface area contributed by atoms with Crippen molar-refractivity contribution in [2.24, 2.45) is 0 Å². The third kappa shape index (κ3) is 4.61. The Morgan fingerprint density at radius 3 is 1.72 bits per heavy atom. The van der Waals surface area contributed by atoms with E-state index in [1.54, 1.807) is 0 Å². The third-order valence-electron chi connectivity index (χ3n) is 10.0. The molecule has 0 saturated heterocycles. The summed E-state index contributed by atoms with van der Waals surface area (Å²) in [7, 11) is 0. The maximum absolute atomic E-state index is 2.47. The molecule has 0 fully saturated rings. The van der Waals surface area contributed by atoms with Gasteiger partial charge in [-0.1, -0.05) is 158 Å². The Bertz CT molecular complexity index is 2870. The average Bonchev–Trinajstić information content (AvgIpc) is 3.58. The van der Waals surface area contributed by atoms with Crippen LogP contribution in [-0.2, 0) is 0 Å². The van der Waals surface area contributed by atoms with E-state index < -0.39 is 0 Å². The standard InChI is InChI=1S/C48H31NS/c1-2-14-32(15-3-1)35-20-10-21-36(30-35)49(45-28-12-19-34-17-5-7-23-38(34)45)46-29-13-27-42-44-31-43(39-26-11-18-33-16-4-6-22-37(33)39)40-24-8-9-25-41(40)47(44)50-48(42)46/h1-31H. The summed E-state index contributed by atoms with van der Waals surface area (Å²) in [5, 5.41) is 10.1. The third-order valence-corrected chi connectivity index (χ3v) is 11.3. The van der Waals surface area contributed by atoms with E-state index in [1.807, 2.05) is 11.3 Å². The molecule has 0 unspecified atom stereocenters. The van der Waals surface area contributed by atoms with Gasteiger partial charge >= 0.3 is 0 Å². The lowest BCUT2D eigenvalue weighted by atomic mass is 9.92. The Kier molecular flexibility index (Phi) is 6.75. The first kappa shape index (κ1) is 28.8. The van der Waals surface area contributed by atoms with Gasteiger partial charge in [-0.05, 0) is 74.1 Å². The smallest absolute Gasteiger partial charge is 0.0640 e. The summed E-state index contributed by atoms with van der Waals surface area (Å²) in [5.41, 5.74) is 8.43. The van der Waals surface area contributed by atoms with E-state index in [9.17, 15) is 0 Å². The summed E-state index contributed by atoms with van der Waals surface area (Å²) < 4.78 is 2.60. The van der Waals surface area contributed by atoms with Crippen molar-refractivity contribution >= 4 is 80.9 Å². The second kappa shape index (κ2) is 11.7. The fourth-order valence-electron chi connectivity index (χ4n) is 7.73. The van der Waals surface area contributed by atoms with Gasteiger partial charge < -0.3 is 4.90 Å². The lowest BCUT2D eigenvalue weighted by molar-refractivity contribution is 1.32. The molecule has 50 heavy (non-hydrogen) atoms. The highest BCUT2D eigenvalue weighted by molar-refractivity contribution is 7.27. The van der Waals surface area contributed by atoms with Gasteiger partial charge in [0.15, 0.2) is 0 Å². The Labute approximate surface area is 294 Å². The predicted octanol–water partition coefficient (Wildman–Crippen LogP) is 14.3. The number of hydrogen-bond donors (Lipinski definition) is 0. The minimum Gasteiger partial charge on any atom is -0.308 e. The van der Waals surface area contributed by atoms with E-state index in [0.717, 1.165) is 5.69 Å². The summed E-state index contributed by atoms with van der Waals surface area (Å²) in [4.78, 5) is 2.47. The van der Waals surface area contributed by atoms with Crippen molar-refractivity contribution in [2.45, 2.75) is 0 Å². The largest absolute Gasteiger partial charge is 0.308 e. The van der Waals surface area contributed by atoms with Crippen LogP contribution in [0.25, 0.3) is 74.7 Å². The van der Waals surface area contributed by atoms with E-state index in [-0.39, 0.29) is 0 Å². The van der Waals surface area contributed by atoms with Crippen LogP contribution in [0.5, 0.6) is 0 Å². The zero-order chi connectivity index (χ0) is 33.0. The van der Waals surface area contributed by atoms with Crippen LogP contribution in [0, 0.1) is 0 Å². The highest BCUT2D eigenvalue weighted by Gasteiger charge is 2.22. The van der Waals surface area contributed by atoms with Gasteiger partial charge in [0.05, 0.1) is 16.1 Å². The topological polar surface area (TPSA) is 3.24 Å². The quantitative estimate of drug-likeness (QED) is 0.179. The number of nitrogens with zero attached hydrogens (tertiary/aromatic N) is 1. The number of fused-ring (bicyclic) bond motifs is 7. The molecule has 0 aliphatic carbocycles. The number of hydrogen-bond acceptors (Lipinski definition) is 2. The fourth-order valence-corrected chi connectivity index (χ4v) is 9.05. The minimum absolute atomic E-state index is 1.13. The minimum atomic E-state index is 1.13. The van der Waals surface area contributed by atoms with Crippen LogP contribution in [0.4, 0.5) is 17.1 Å². The monoisotopic (exact) mass is 653 g/mol. The average molecular weight is 654 g/mol. The Morgan fingerprint density at radius 1 is 0.320 bits per heavy atom. The predicted molar refractivity (Wildman–Crippen MR) is 217 cm³/mol. The molecule has 0 aliphatic rings. The molecule has 0 radical (unpaired) electrons. The molecular formula is C48H31NS. The summed E-state index contributed by atoms with van der Waals surface area (Å²) >= 11 is 1.91. The van der Waals surface area contributed by atoms with Gasteiger partial charge in [0.25, 0.3) is 0 Å². The molecule has 234 valence electrons. The lowest BCUT2D eigenvalue weighted by Gasteiger charge is -2.28. The van der Waals surface area contributed by atoms with Gasteiger partial charge in [-0.15, -0.1) is 11.3 Å². The Balaban J connectivity index is 1.27. The normalized spacial score (nSPS) is 11.6. The van der Waals surface area contributed by atoms with Crippen molar-refractivity contribution in [3.63, 3.8) is 0 Å². The van der Waals surface area contributed by atoms with Crippen LogP contribution in [0.3, 0.4) is 0 Å². The van der Waals surface area contributed by atoms with E-state index >= 15 is 0 Å². The highest BCUT2D eigenvalue weighted by atomic mass is 32.1. The number of thiophene rings is 1. The number of rotatable bonds is 5. The number of benzene rings is 9. The first-order chi connectivity index (χ1) is 24.8. The van der Waals surface area contributed by atoms with Crippen molar-refractivity contribution in [1.29, 1.82) is 0 Å². The molecule has 0 N–H and O–H groups in total. The molecule has 1 nitrogen and oxygen atoms in total. The van der Waals surface area contributed by atoms with E-state index in [4.69, 9.17) is 0 Å². The van der Waals surface area contributed by atoms with Gasteiger partial charge in [-0.2, -0.15) is 0 Å². The van der Waals surface area contributed by atoms with Gasteiger partial charge in [-0.25, -0.2) is 0 Å². The summed E-state index contributed by atoms with van der Waals surface area (Å²) in [6, 6.07) is 68.6. The van der Waals surface area contributed by atoms with Crippen molar-refractivity contribution in [2.75, 3.05) is 4.90 Å². The highest BCUT2D eigenvalue weighted by Crippen LogP contribution is 2.49. The molecule has 0 saturated carbocycles. The van der Waals surface area contributed by atoms with Crippen LogP contribution in [0.1, 0.15) is 0 Å². The van der Waals surface area contributed by atoms with Crippen LogP contribution < -0.4 is 4.90 Å². The maximum atomic E-state index is 2.47. The molecule has 0 spiro atoms. The Hall–Kier alpha value is -6.22. The van der Waals surface area contributed by atoms with Gasteiger partial charge in [-0.3, -0.25) is 0 Å². The van der Waals surface area contributed by atoms with Crippen LogP contribution >= 0.6 is 11.3 Å². The maximum Gasteiger partial charge on any atom is 0.0640 e. The zero-order valence-electron chi connectivity index (χ0n) is 27.3. The fraction of sp³-hybridized carbons (Fsp3) is 0. The molecule has 1 heterocycles. The molecule has 9 aromatic carbocycles. The molecule has 1 aromatic heterocycles. The zero-order valence-corrected chi connectivity index (χ0v) is 28.1. The van der Waals surface area contributed by atoms with Crippen molar-refractivity contribution < 1.29 is 0 Å². The molecule has 0 bridgehead atoms. The molecule has 0 aliphatic heterocycles. The molecular weight excluding hydrogens is 623 g/mol. The van der Waals surface area contributed by atoms with Gasteiger partial charge in [0.2, 0.25) is 0 Å². The van der Waals surface area contributed by atoms with Crippen LogP contribution in [-0.4, -0.2) is 0 Å². The molecule has 10 rings (SSSR count). The molecule has 2 heteroatoms. The molecule has 10 aromatic rings. The van der Waals surface area contributed by atoms with E-state index in [0.29, 0.717) is 0 Å². The van der Waals surface area contributed by atoms with Crippen molar-refractivity contribution in [3.05, 3.63) is 188 Å². The second-order valence-electron chi connectivity index (χ2n) is 12.9. The van der Waals surface area contributed by atoms with Gasteiger partial charge in [0, 0.05) is 31.9 Å². The van der Waals surface area contributed by atoms with E-state index in [1.165, 1.54) is 86.1 Å². The number of anilines is 3. The van der Waals surface area contributed by atoms with E-state index in [2.05, 4.69) is 193 Å². The van der Waals surface area contributed by atoms with Crippen molar-refractivity contribution in [3.8, 4) is 22.3 Å². The Morgan fingerprint density at radius 2 is 0.880 bits per heavy atom.